The number of phenols is 1. The second kappa shape index (κ2) is 9.44. The van der Waals surface area contributed by atoms with Crippen LogP contribution in [0.15, 0.2) is 95.9 Å². The second-order valence-electron chi connectivity index (χ2n) is 6.93. The summed E-state index contributed by atoms with van der Waals surface area (Å²) >= 11 is 0. The van der Waals surface area contributed by atoms with Crippen molar-refractivity contribution in [2.45, 2.75) is 0 Å². The molecule has 158 valence electrons. The first kappa shape index (κ1) is 20.6. The first-order chi connectivity index (χ1) is 15.6. The average molecular weight is 424 g/mol. The van der Waals surface area contributed by atoms with Gasteiger partial charge in [-0.3, -0.25) is 9.59 Å². The molecule has 0 radical (unpaired) electrons. The number of H-pyrrole nitrogens is 1. The van der Waals surface area contributed by atoms with Gasteiger partial charge >= 0.3 is 0 Å². The Labute approximate surface area is 184 Å². The molecule has 32 heavy (non-hydrogen) atoms. The van der Waals surface area contributed by atoms with Crippen LogP contribution in [0.3, 0.4) is 0 Å². The van der Waals surface area contributed by atoms with Gasteiger partial charge < -0.3 is 15.4 Å². The van der Waals surface area contributed by atoms with Gasteiger partial charge in [-0.15, -0.1) is 0 Å². The lowest BCUT2D eigenvalue weighted by molar-refractivity contribution is -0.117. The minimum Gasteiger partial charge on any atom is -0.507 e. The summed E-state index contributed by atoms with van der Waals surface area (Å²) in [4.78, 5) is 28.6. The number of carbonyl (C=O) groups excluding carboxylic acids is 2. The molecule has 3 aromatic carbocycles. The number of benzene rings is 3. The Morgan fingerprint density at radius 1 is 0.875 bits per heavy atom. The number of hydrogen-bond acceptors (Lipinski definition) is 4. The molecule has 0 atom stereocenters. The zero-order valence-corrected chi connectivity index (χ0v) is 16.9. The van der Waals surface area contributed by atoms with Gasteiger partial charge in [0.15, 0.2) is 0 Å². The highest BCUT2D eigenvalue weighted by molar-refractivity contribution is 6.06. The van der Waals surface area contributed by atoms with E-state index in [2.05, 4.69) is 20.8 Å². The summed E-state index contributed by atoms with van der Waals surface area (Å²) in [6, 6.07) is 22.8. The van der Waals surface area contributed by atoms with Crippen LogP contribution in [0.25, 0.3) is 17.0 Å². The van der Waals surface area contributed by atoms with Crippen molar-refractivity contribution in [3.05, 3.63) is 107 Å². The number of hydrazone groups is 1. The highest BCUT2D eigenvalue weighted by Crippen LogP contribution is 2.19. The molecule has 2 amide bonds. The van der Waals surface area contributed by atoms with Gasteiger partial charge in [0.05, 0.1) is 6.21 Å². The molecule has 0 fully saturated rings. The van der Waals surface area contributed by atoms with Crippen LogP contribution in [0.5, 0.6) is 5.75 Å². The number of phenolic OH excluding ortho intramolecular Hbond substituents is 1. The third-order valence-electron chi connectivity index (χ3n) is 4.76. The van der Waals surface area contributed by atoms with Crippen molar-refractivity contribution in [3.63, 3.8) is 0 Å². The summed E-state index contributed by atoms with van der Waals surface area (Å²) in [6.07, 6.45) is 4.70. The van der Waals surface area contributed by atoms with Crippen LogP contribution in [0.4, 0.5) is 0 Å². The lowest BCUT2D eigenvalue weighted by atomic mass is 10.1. The largest absolute Gasteiger partial charge is 0.507 e. The fourth-order valence-electron chi connectivity index (χ4n) is 3.13. The Bertz CT molecular complexity index is 1320. The Kier molecular flexibility index (Phi) is 6.08. The SMILES string of the molecule is O=C(NN=Cc1c[nH]c2ccccc12)C(=Cc1ccccc1O)NC(=O)c1ccccc1. The Hall–Kier alpha value is -4.65. The van der Waals surface area contributed by atoms with Gasteiger partial charge in [-0.25, -0.2) is 5.43 Å². The number of amides is 2. The molecule has 4 rings (SSSR count). The van der Waals surface area contributed by atoms with Crippen LogP contribution in [-0.4, -0.2) is 28.1 Å². The van der Waals surface area contributed by atoms with Crippen molar-refractivity contribution >= 4 is 35.0 Å². The fourth-order valence-corrected chi connectivity index (χ4v) is 3.13. The molecule has 7 nitrogen and oxygen atoms in total. The molecule has 1 heterocycles. The third-order valence-corrected chi connectivity index (χ3v) is 4.76. The van der Waals surface area contributed by atoms with Gasteiger partial charge in [0.1, 0.15) is 11.4 Å². The zero-order chi connectivity index (χ0) is 22.3. The summed E-state index contributed by atoms with van der Waals surface area (Å²) in [7, 11) is 0. The number of aromatic nitrogens is 1. The molecule has 0 aliphatic carbocycles. The van der Waals surface area contributed by atoms with Crippen LogP contribution in [0.1, 0.15) is 21.5 Å². The highest BCUT2D eigenvalue weighted by atomic mass is 16.3. The van der Waals surface area contributed by atoms with E-state index in [4.69, 9.17) is 0 Å². The minimum atomic E-state index is -0.631. The average Bonchev–Trinajstić information content (AvgIpc) is 3.23. The molecule has 4 N–H and O–H groups in total. The van der Waals surface area contributed by atoms with Crippen molar-refractivity contribution in [2.75, 3.05) is 0 Å². The maximum Gasteiger partial charge on any atom is 0.287 e. The van der Waals surface area contributed by atoms with Gasteiger partial charge in [0.2, 0.25) is 0 Å². The molecule has 1 aromatic heterocycles. The monoisotopic (exact) mass is 424 g/mol. The predicted molar refractivity (Wildman–Crippen MR) is 124 cm³/mol. The van der Waals surface area contributed by atoms with Crippen molar-refractivity contribution in [3.8, 4) is 5.75 Å². The molecule has 0 spiro atoms. The number of para-hydroxylation sites is 2. The molecular formula is C25H20N4O3. The Morgan fingerprint density at radius 3 is 2.41 bits per heavy atom. The van der Waals surface area contributed by atoms with E-state index in [1.165, 1.54) is 18.4 Å². The molecule has 0 aliphatic rings. The first-order valence-corrected chi connectivity index (χ1v) is 9.87. The van der Waals surface area contributed by atoms with E-state index in [9.17, 15) is 14.7 Å². The summed E-state index contributed by atoms with van der Waals surface area (Å²) < 4.78 is 0. The normalized spacial score (nSPS) is 11.6. The predicted octanol–water partition coefficient (Wildman–Crippen LogP) is 3.79. The Balaban J connectivity index is 1.56. The maximum absolute atomic E-state index is 12.8. The summed E-state index contributed by atoms with van der Waals surface area (Å²) in [5, 5.41) is 17.7. The van der Waals surface area contributed by atoms with Gasteiger partial charge in [-0.2, -0.15) is 5.10 Å². The number of hydrogen-bond donors (Lipinski definition) is 4. The first-order valence-electron chi connectivity index (χ1n) is 9.87. The molecular weight excluding hydrogens is 404 g/mol. The summed E-state index contributed by atoms with van der Waals surface area (Å²) in [5.74, 6) is -1.11. The van der Waals surface area contributed by atoms with Crippen LogP contribution in [0, 0.1) is 0 Å². The number of rotatable bonds is 6. The van der Waals surface area contributed by atoms with E-state index in [0.717, 1.165) is 16.5 Å². The van der Waals surface area contributed by atoms with E-state index in [-0.39, 0.29) is 11.4 Å². The smallest absolute Gasteiger partial charge is 0.287 e. The number of nitrogens with one attached hydrogen (secondary N) is 3. The Morgan fingerprint density at radius 2 is 1.59 bits per heavy atom. The minimum absolute atomic E-state index is 0.0194. The van der Waals surface area contributed by atoms with Crippen molar-refractivity contribution in [2.24, 2.45) is 5.10 Å². The van der Waals surface area contributed by atoms with Crippen molar-refractivity contribution in [1.82, 2.24) is 15.7 Å². The van der Waals surface area contributed by atoms with Crippen LogP contribution >= 0.6 is 0 Å². The zero-order valence-electron chi connectivity index (χ0n) is 16.9. The number of nitrogens with zero attached hydrogens (tertiary/aromatic N) is 1. The standard InChI is InChI=1S/C25H20N4O3/c30-23-13-7-4-10-18(23)14-22(28-24(31)17-8-2-1-3-9-17)25(32)29-27-16-19-15-26-21-12-6-5-11-20(19)21/h1-16,26,30H,(H,28,31)(H,29,32). The summed E-state index contributed by atoms with van der Waals surface area (Å²) in [6.45, 7) is 0. The van der Waals surface area contributed by atoms with E-state index >= 15 is 0 Å². The number of fused-ring (bicyclic) bond motifs is 1. The lowest BCUT2D eigenvalue weighted by Crippen LogP contribution is -2.32. The van der Waals surface area contributed by atoms with Crippen molar-refractivity contribution < 1.29 is 14.7 Å². The molecule has 7 heteroatoms. The van der Waals surface area contributed by atoms with Gasteiger partial charge in [0, 0.05) is 33.8 Å². The molecule has 0 aliphatic heterocycles. The number of carbonyl (C=O) groups is 2. The fraction of sp³-hybridized carbons (Fsp3) is 0. The van der Waals surface area contributed by atoms with Crippen LogP contribution in [-0.2, 0) is 4.79 Å². The van der Waals surface area contributed by atoms with Crippen LogP contribution < -0.4 is 10.7 Å². The van der Waals surface area contributed by atoms with Gasteiger partial charge in [-0.05, 0) is 30.3 Å². The van der Waals surface area contributed by atoms with Crippen molar-refractivity contribution in [1.29, 1.82) is 0 Å². The highest BCUT2D eigenvalue weighted by Gasteiger charge is 2.15. The van der Waals surface area contributed by atoms with E-state index in [1.807, 2.05) is 24.3 Å². The maximum atomic E-state index is 12.8. The molecule has 0 saturated heterocycles. The molecule has 0 bridgehead atoms. The molecule has 0 saturated carbocycles. The number of aromatic amines is 1. The third kappa shape index (κ3) is 4.73. The quantitative estimate of drug-likeness (QED) is 0.215. The van der Waals surface area contributed by atoms with E-state index < -0.39 is 11.8 Å². The van der Waals surface area contributed by atoms with E-state index in [0.29, 0.717) is 11.1 Å². The number of aromatic hydroxyl groups is 1. The lowest BCUT2D eigenvalue weighted by Gasteiger charge is -2.09. The van der Waals surface area contributed by atoms with Gasteiger partial charge in [0.25, 0.3) is 11.8 Å². The van der Waals surface area contributed by atoms with Crippen LogP contribution in [0.2, 0.25) is 0 Å². The topological polar surface area (TPSA) is 107 Å². The second-order valence-corrected chi connectivity index (χ2v) is 6.93. The summed E-state index contributed by atoms with van der Waals surface area (Å²) in [5.41, 5.74) is 4.91. The van der Waals surface area contributed by atoms with Gasteiger partial charge in [-0.1, -0.05) is 54.6 Å². The van der Waals surface area contributed by atoms with E-state index in [1.54, 1.807) is 54.7 Å². The molecule has 0 unspecified atom stereocenters. The molecule has 4 aromatic rings.